The Bertz CT molecular complexity index is 2990. The van der Waals surface area contributed by atoms with Gasteiger partial charge in [-0.25, -0.2) is 19.4 Å². The molecule has 2 saturated heterocycles. The van der Waals surface area contributed by atoms with Crippen LogP contribution in [0.4, 0.5) is 23.1 Å². The minimum atomic E-state index is -0.470. The zero-order chi connectivity index (χ0) is 47.6. The van der Waals surface area contributed by atoms with Crippen molar-refractivity contribution in [3.63, 3.8) is 0 Å². The Balaban J connectivity index is 0.869. The van der Waals surface area contributed by atoms with Crippen LogP contribution in [-0.4, -0.2) is 122 Å². The van der Waals surface area contributed by atoms with Crippen molar-refractivity contribution in [1.29, 1.82) is 5.26 Å². The van der Waals surface area contributed by atoms with Gasteiger partial charge in [0, 0.05) is 93.7 Å². The number of phenols is 2. The van der Waals surface area contributed by atoms with E-state index < -0.39 is 5.69 Å². The monoisotopic (exact) mass is 936 g/mol. The number of hydrogen-bond acceptors (Lipinski definition) is 13. The van der Waals surface area contributed by atoms with Gasteiger partial charge in [-0.1, -0.05) is 56.3 Å². The number of aromatic hydroxyl groups is 2. The van der Waals surface area contributed by atoms with E-state index in [9.17, 15) is 29.9 Å². The summed E-state index contributed by atoms with van der Waals surface area (Å²) < 4.78 is 1.39. The van der Waals surface area contributed by atoms with Gasteiger partial charge >= 0.3 is 5.69 Å². The lowest BCUT2D eigenvalue weighted by Crippen LogP contribution is -2.55. The lowest BCUT2D eigenvalue weighted by Gasteiger charge is -2.42. The number of nitriles is 1. The molecule has 0 aliphatic carbocycles. The standard InChI is InChI=1S/C50H53ClN12O5/c1-4-44(66)62-26-25-61(29-35(62)15-18-52)47-36-17-20-60(41-10-6-8-32-7-5-9-39(51)46(32)41)30-40(36)54-49(55-47)53-19-16-45(67)59-23-21-58(22-24-59)33-11-13-34(14-12-33)63-48(56-57-50(63)68)38-27-37(31(2)3)42(64)28-43(38)65/h4-14,27-28,31,35,64-65H,1,15-17,19-26,29-30H2,2-3H3,(H,57,68)(H,53,54,55)/t35-/m1/s1. The molecule has 3 aliphatic heterocycles. The van der Waals surface area contributed by atoms with Gasteiger partial charge in [-0.3, -0.25) is 9.59 Å². The highest BCUT2D eigenvalue weighted by Gasteiger charge is 2.34. The number of carbonyl (C=O) groups is 2. The molecule has 5 heterocycles. The van der Waals surface area contributed by atoms with Crippen molar-refractivity contribution in [3.05, 3.63) is 118 Å². The Morgan fingerprint density at radius 2 is 1.68 bits per heavy atom. The maximum Gasteiger partial charge on any atom is 0.348 e. The van der Waals surface area contributed by atoms with E-state index in [0.29, 0.717) is 99.7 Å². The molecule has 2 fully saturated rings. The Kier molecular flexibility index (Phi) is 13.0. The summed E-state index contributed by atoms with van der Waals surface area (Å²) in [4.78, 5) is 59.7. The van der Waals surface area contributed by atoms with E-state index in [4.69, 9.17) is 21.6 Å². The number of rotatable bonds is 12. The number of piperazine rings is 2. The number of hydrogen-bond donors (Lipinski definition) is 4. The molecule has 17 nitrogen and oxygen atoms in total. The van der Waals surface area contributed by atoms with Crippen LogP contribution in [0.25, 0.3) is 27.8 Å². The smallest absolute Gasteiger partial charge is 0.348 e. The van der Waals surface area contributed by atoms with Crippen LogP contribution < -0.4 is 25.7 Å². The largest absolute Gasteiger partial charge is 0.508 e. The second kappa shape index (κ2) is 19.3. The number of carbonyl (C=O) groups excluding carboxylic acids is 2. The molecule has 0 radical (unpaired) electrons. The second-order valence-electron chi connectivity index (χ2n) is 17.6. The minimum Gasteiger partial charge on any atom is -0.508 e. The van der Waals surface area contributed by atoms with E-state index in [2.05, 4.69) is 61.1 Å². The van der Waals surface area contributed by atoms with Gasteiger partial charge in [0.2, 0.25) is 17.8 Å². The summed E-state index contributed by atoms with van der Waals surface area (Å²) in [5.74, 6) is 0.962. The van der Waals surface area contributed by atoms with Gasteiger partial charge in [0.15, 0.2) is 5.82 Å². The fourth-order valence-corrected chi connectivity index (χ4v) is 9.93. The first-order valence-electron chi connectivity index (χ1n) is 22.9. The molecule has 2 amide bonds. The molecule has 350 valence electrons. The van der Waals surface area contributed by atoms with Crippen molar-refractivity contribution >= 4 is 57.3 Å². The Labute approximate surface area is 398 Å². The quantitative estimate of drug-likeness (QED) is 0.101. The fourth-order valence-electron chi connectivity index (χ4n) is 9.65. The molecule has 1 atom stereocenters. The molecule has 2 aromatic heterocycles. The number of phenolic OH excluding ortho intramolecular Hbond substituents is 2. The summed E-state index contributed by atoms with van der Waals surface area (Å²) in [6, 6.07) is 24.4. The van der Waals surface area contributed by atoms with E-state index in [-0.39, 0.29) is 53.9 Å². The molecule has 0 spiro atoms. The van der Waals surface area contributed by atoms with Crippen LogP contribution in [0.2, 0.25) is 5.02 Å². The Hall–Kier alpha value is -7.58. The first-order valence-corrected chi connectivity index (χ1v) is 23.3. The summed E-state index contributed by atoms with van der Waals surface area (Å²) in [5.41, 5.74) is 4.86. The van der Waals surface area contributed by atoms with E-state index in [1.807, 2.05) is 61.2 Å². The van der Waals surface area contributed by atoms with Gasteiger partial charge in [0.1, 0.15) is 17.3 Å². The number of H-pyrrole nitrogens is 1. The zero-order valence-electron chi connectivity index (χ0n) is 38.0. The molecule has 0 saturated carbocycles. The summed E-state index contributed by atoms with van der Waals surface area (Å²) in [6.45, 7) is 12.7. The fraction of sp³-hybridized carbons (Fsp3) is 0.340. The van der Waals surface area contributed by atoms with E-state index in [0.717, 1.165) is 39.2 Å². The van der Waals surface area contributed by atoms with Crippen LogP contribution in [-0.2, 0) is 22.6 Å². The van der Waals surface area contributed by atoms with Gasteiger partial charge in [-0.05, 0) is 71.8 Å². The lowest BCUT2D eigenvalue weighted by molar-refractivity contribution is -0.131. The summed E-state index contributed by atoms with van der Waals surface area (Å²) in [6.07, 6.45) is 2.38. The highest BCUT2D eigenvalue weighted by atomic mass is 35.5. The third-order valence-electron chi connectivity index (χ3n) is 13.2. The van der Waals surface area contributed by atoms with Crippen molar-refractivity contribution < 1.29 is 19.8 Å². The van der Waals surface area contributed by atoms with Crippen molar-refractivity contribution in [2.24, 2.45) is 0 Å². The third-order valence-corrected chi connectivity index (χ3v) is 13.5. The molecule has 18 heteroatoms. The number of aromatic nitrogens is 5. The van der Waals surface area contributed by atoms with Crippen molar-refractivity contribution in [1.82, 2.24) is 34.5 Å². The molecule has 4 aromatic carbocycles. The topological polar surface area (TPSA) is 203 Å². The van der Waals surface area contributed by atoms with Crippen LogP contribution >= 0.6 is 11.6 Å². The molecule has 0 bridgehead atoms. The molecule has 3 aliphatic rings. The molecule has 68 heavy (non-hydrogen) atoms. The number of amides is 2. The van der Waals surface area contributed by atoms with Gasteiger partial charge in [-0.15, -0.1) is 0 Å². The van der Waals surface area contributed by atoms with Crippen molar-refractivity contribution in [2.45, 2.75) is 51.6 Å². The van der Waals surface area contributed by atoms with Crippen LogP contribution in [0, 0.1) is 11.3 Å². The molecular formula is C50H53ClN12O5. The SMILES string of the molecule is C=CC(=O)N1CCN(c2nc(NCCC(=O)N3CCN(c4ccc(-n5c(-c6cc(C(C)C)c(O)cc6O)n[nH]c5=O)cc4)CC3)nc3c2CCN(c2cccc4cccc(Cl)c24)C3)C[C@H]1CC#N. The minimum absolute atomic E-state index is 0.0111. The van der Waals surface area contributed by atoms with Gasteiger partial charge < -0.3 is 40.0 Å². The number of aromatic amines is 1. The Morgan fingerprint density at radius 3 is 2.41 bits per heavy atom. The average Bonchev–Trinajstić information content (AvgIpc) is 3.73. The predicted molar refractivity (Wildman–Crippen MR) is 263 cm³/mol. The number of anilines is 4. The molecule has 4 N–H and O–H groups in total. The number of nitrogens with zero attached hydrogens (tertiary/aromatic N) is 10. The van der Waals surface area contributed by atoms with E-state index in [1.54, 1.807) is 11.0 Å². The first kappa shape index (κ1) is 45.6. The number of fused-ring (bicyclic) bond motifs is 2. The van der Waals surface area contributed by atoms with Crippen molar-refractivity contribution in [2.75, 3.05) is 78.9 Å². The number of nitrogens with one attached hydrogen (secondary N) is 2. The van der Waals surface area contributed by atoms with Crippen LogP contribution in [0.5, 0.6) is 11.5 Å². The lowest BCUT2D eigenvalue weighted by atomic mass is 9.98. The highest BCUT2D eigenvalue weighted by molar-refractivity contribution is 6.36. The van der Waals surface area contributed by atoms with E-state index >= 15 is 0 Å². The van der Waals surface area contributed by atoms with Crippen LogP contribution in [0.1, 0.15) is 49.4 Å². The third kappa shape index (κ3) is 8.98. The Morgan fingerprint density at radius 1 is 0.941 bits per heavy atom. The summed E-state index contributed by atoms with van der Waals surface area (Å²) in [5, 5.41) is 43.6. The summed E-state index contributed by atoms with van der Waals surface area (Å²) in [7, 11) is 0. The van der Waals surface area contributed by atoms with Gasteiger partial charge in [-0.2, -0.15) is 15.3 Å². The van der Waals surface area contributed by atoms with Crippen LogP contribution in [0.3, 0.4) is 0 Å². The predicted octanol–water partition coefficient (Wildman–Crippen LogP) is 6.19. The maximum absolute atomic E-state index is 13.6. The summed E-state index contributed by atoms with van der Waals surface area (Å²) >= 11 is 6.77. The molecule has 0 unspecified atom stereocenters. The number of halogens is 1. The molecular weight excluding hydrogens is 884 g/mol. The maximum atomic E-state index is 13.6. The number of benzene rings is 4. The normalized spacial score (nSPS) is 16.2. The zero-order valence-corrected chi connectivity index (χ0v) is 38.8. The average molecular weight is 938 g/mol. The van der Waals surface area contributed by atoms with Crippen LogP contribution in [0.15, 0.2) is 90.2 Å². The molecule has 9 rings (SSSR count). The van der Waals surface area contributed by atoms with Crippen molar-refractivity contribution in [3.8, 4) is 34.6 Å². The van der Waals surface area contributed by atoms with Gasteiger partial charge in [0.25, 0.3) is 0 Å². The van der Waals surface area contributed by atoms with E-state index in [1.165, 1.54) is 16.7 Å². The second-order valence-corrected chi connectivity index (χ2v) is 18.0. The highest BCUT2D eigenvalue weighted by Crippen LogP contribution is 2.39. The first-order chi connectivity index (χ1) is 32.9. The van der Waals surface area contributed by atoms with Gasteiger partial charge in [0.05, 0.1) is 47.0 Å². The molecule has 6 aromatic rings.